The maximum atomic E-state index is 12.4. The molecule has 2 rings (SSSR count). The molecule has 0 aliphatic carbocycles. The van der Waals surface area contributed by atoms with E-state index in [0.29, 0.717) is 0 Å². The van der Waals surface area contributed by atoms with Crippen LogP contribution in [0.5, 0.6) is 0 Å². The van der Waals surface area contributed by atoms with Crippen molar-refractivity contribution in [2.24, 2.45) is 0 Å². The van der Waals surface area contributed by atoms with Crippen LogP contribution in [-0.2, 0) is 4.18 Å². The summed E-state index contributed by atoms with van der Waals surface area (Å²) in [5, 5.41) is 0. The first-order valence-corrected chi connectivity index (χ1v) is 8.66. The largest absolute Gasteiger partial charge is 0.336 e. The summed E-state index contributed by atoms with van der Waals surface area (Å²) in [4.78, 5) is 14.4. The number of anilines is 1. The van der Waals surface area contributed by atoms with E-state index in [0.717, 1.165) is 55.4 Å². The van der Waals surface area contributed by atoms with Gasteiger partial charge in [-0.3, -0.25) is 4.79 Å². The number of rotatable bonds is 6. The van der Waals surface area contributed by atoms with E-state index >= 15 is 0 Å². The fourth-order valence-corrected chi connectivity index (χ4v) is 3.26. The van der Waals surface area contributed by atoms with Crippen LogP contribution in [0.3, 0.4) is 0 Å². The molecule has 0 unspecified atom stereocenters. The molecule has 116 valence electrons. The maximum Gasteiger partial charge on any atom is 0.253 e. The Kier molecular flexibility index (Phi) is 6.69. The number of amides is 1. The summed E-state index contributed by atoms with van der Waals surface area (Å²) in [7, 11) is 1.60. The SMILES string of the molecule is CCSN1CCN(C(=O)c2ccc(NSOC)cc2)CC1. The molecule has 0 atom stereocenters. The van der Waals surface area contributed by atoms with Crippen molar-refractivity contribution >= 4 is 35.8 Å². The predicted octanol–water partition coefficient (Wildman–Crippen LogP) is 2.73. The van der Waals surface area contributed by atoms with Crippen LogP contribution < -0.4 is 4.72 Å². The highest BCUT2D eigenvalue weighted by atomic mass is 32.2. The highest BCUT2D eigenvalue weighted by molar-refractivity contribution is 7.97. The van der Waals surface area contributed by atoms with Gasteiger partial charge in [0.25, 0.3) is 5.91 Å². The van der Waals surface area contributed by atoms with Crippen molar-refractivity contribution in [3.63, 3.8) is 0 Å². The average molecular weight is 327 g/mol. The van der Waals surface area contributed by atoms with E-state index in [1.165, 1.54) is 0 Å². The van der Waals surface area contributed by atoms with Crippen LogP contribution in [0.25, 0.3) is 0 Å². The molecule has 5 nitrogen and oxygen atoms in total. The second kappa shape index (κ2) is 8.53. The molecule has 21 heavy (non-hydrogen) atoms. The number of carbonyl (C=O) groups is 1. The molecule has 0 spiro atoms. The van der Waals surface area contributed by atoms with Crippen molar-refractivity contribution in [2.75, 3.05) is 43.8 Å². The maximum absolute atomic E-state index is 12.4. The Morgan fingerprint density at radius 3 is 2.48 bits per heavy atom. The lowest BCUT2D eigenvalue weighted by Crippen LogP contribution is -2.46. The first kappa shape index (κ1) is 16.5. The lowest BCUT2D eigenvalue weighted by molar-refractivity contribution is 0.0704. The third-order valence-electron chi connectivity index (χ3n) is 3.21. The Morgan fingerprint density at radius 1 is 1.24 bits per heavy atom. The quantitative estimate of drug-likeness (QED) is 0.640. The Morgan fingerprint density at radius 2 is 1.90 bits per heavy atom. The minimum Gasteiger partial charge on any atom is -0.336 e. The lowest BCUT2D eigenvalue weighted by Gasteiger charge is -2.33. The van der Waals surface area contributed by atoms with Gasteiger partial charge < -0.3 is 13.8 Å². The first-order chi connectivity index (χ1) is 10.2. The third-order valence-corrected chi connectivity index (χ3v) is 4.69. The predicted molar refractivity (Wildman–Crippen MR) is 90.3 cm³/mol. The van der Waals surface area contributed by atoms with Gasteiger partial charge in [0.05, 0.1) is 7.11 Å². The van der Waals surface area contributed by atoms with Crippen molar-refractivity contribution < 1.29 is 8.98 Å². The normalized spacial score (nSPS) is 16.0. The van der Waals surface area contributed by atoms with Crippen LogP contribution in [0.1, 0.15) is 17.3 Å². The van der Waals surface area contributed by atoms with E-state index in [9.17, 15) is 4.79 Å². The molecule has 1 saturated heterocycles. The van der Waals surface area contributed by atoms with Crippen LogP contribution in [0, 0.1) is 0 Å². The number of piperazine rings is 1. The van der Waals surface area contributed by atoms with Gasteiger partial charge >= 0.3 is 0 Å². The minimum atomic E-state index is 0.113. The number of benzene rings is 1. The third kappa shape index (κ3) is 4.81. The van der Waals surface area contributed by atoms with Crippen LogP contribution in [0.2, 0.25) is 0 Å². The molecule has 1 aliphatic heterocycles. The second-order valence-electron chi connectivity index (χ2n) is 4.57. The molecule has 1 heterocycles. The zero-order valence-corrected chi connectivity index (χ0v) is 14.0. The van der Waals surface area contributed by atoms with E-state index in [2.05, 4.69) is 16.0 Å². The minimum absolute atomic E-state index is 0.113. The highest BCUT2D eigenvalue weighted by Crippen LogP contribution is 2.17. The first-order valence-electron chi connectivity index (χ1n) is 6.97. The summed E-state index contributed by atoms with van der Waals surface area (Å²) in [6.07, 6.45) is 0. The fourth-order valence-electron chi connectivity index (χ4n) is 2.16. The zero-order valence-electron chi connectivity index (χ0n) is 12.4. The van der Waals surface area contributed by atoms with Gasteiger partial charge in [-0.05, 0) is 24.3 Å². The van der Waals surface area contributed by atoms with Crippen LogP contribution in [0.4, 0.5) is 5.69 Å². The van der Waals surface area contributed by atoms with E-state index in [-0.39, 0.29) is 5.91 Å². The highest BCUT2D eigenvalue weighted by Gasteiger charge is 2.21. The van der Waals surface area contributed by atoms with Crippen LogP contribution in [0.15, 0.2) is 24.3 Å². The second-order valence-corrected chi connectivity index (χ2v) is 6.62. The molecule has 1 fully saturated rings. The van der Waals surface area contributed by atoms with Gasteiger partial charge in [-0.25, -0.2) is 4.31 Å². The molecular formula is C14H21N3O2S2. The zero-order chi connectivity index (χ0) is 15.1. The summed E-state index contributed by atoms with van der Waals surface area (Å²) in [6.45, 7) is 5.62. The molecule has 1 aromatic carbocycles. The molecule has 1 aliphatic rings. The standard InChI is InChI=1S/C14H21N3O2S2/c1-3-20-17-10-8-16(9-11-17)14(18)12-4-6-13(7-5-12)15-21-19-2/h4-7,15H,3,8-11H2,1-2H3. The summed E-state index contributed by atoms with van der Waals surface area (Å²) in [5.41, 5.74) is 1.65. The van der Waals surface area contributed by atoms with Gasteiger partial charge in [-0.2, -0.15) is 0 Å². The van der Waals surface area contributed by atoms with Gasteiger partial charge in [0, 0.05) is 43.2 Å². The van der Waals surface area contributed by atoms with E-state index in [1.807, 2.05) is 41.1 Å². The summed E-state index contributed by atoms with van der Waals surface area (Å²) in [5.74, 6) is 1.20. The molecule has 0 saturated carbocycles. The van der Waals surface area contributed by atoms with Gasteiger partial charge in [0.15, 0.2) is 0 Å². The van der Waals surface area contributed by atoms with E-state index in [4.69, 9.17) is 4.18 Å². The number of nitrogens with one attached hydrogen (secondary N) is 1. The number of carbonyl (C=O) groups excluding carboxylic acids is 1. The Bertz CT molecular complexity index is 448. The molecule has 1 aromatic rings. The Balaban J connectivity index is 1.88. The van der Waals surface area contributed by atoms with Gasteiger partial charge in [0.2, 0.25) is 0 Å². The van der Waals surface area contributed by atoms with Crippen molar-refractivity contribution in [1.29, 1.82) is 0 Å². The average Bonchev–Trinajstić information content (AvgIpc) is 2.54. The molecule has 7 heteroatoms. The molecular weight excluding hydrogens is 306 g/mol. The molecule has 0 radical (unpaired) electrons. The van der Waals surface area contributed by atoms with Crippen molar-refractivity contribution in [3.8, 4) is 0 Å². The molecule has 1 amide bonds. The molecule has 0 aromatic heterocycles. The molecule has 1 N–H and O–H groups in total. The van der Waals surface area contributed by atoms with E-state index in [1.54, 1.807) is 7.11 Å². The van der Waals surface area contributed by atoms with Crippen molar-refractivity contribution in [3.05, 3.63) is 29.8 Å². The number of nitrogens with zero attached hydrogens (tertiary/aromatic N) is 2. The van der Waals surface area contributed by atoms with Crippen LogP contribution >= 0.6 is 24.2 Å². The number of hydrogen-bond acceptors (Lipinski definition) is 6. The topological polar surface area (TPSA) is 44.8 Å². The fraction of sp³-hybridized carbons (Fsp3) is 0.500. The smallest absolute Gasteiger partial charge is 0.253 e. The van der Waals surface area contributed by atoms with Gasteiger partial charge in [-0.15, -0.1) is 0 Å². The van der Waals surface area contributed by atoms with E-state index < -0.39 is 0 Å². The Hall–Kier alpha value is -0.890. The van der Waals surface area contributed by atoms with Gasteiger partial charge in [-0.1, -0.05) is 18.9 Å². The monoisotopic (exact) mass is 327 g/mol. The lowest BCUT2D eigenvalue weighted by atomic mass is 10.1. The summed E-state index contributed by atoms with van der Waals surface area (Å²) in [6, 6.07) is 7.49. The van der Waals surface area contributed by atoms with Crippen LogP contribution in [-0.4, -0.2) is 54.2 Å². The Labute approximate surface area is 134 Å². The molecule has 0 bridgehead atoms. The summed E-state index contributed by atoms with van der Waals surface area (Å²) >= 11 is 3.00. The van der Waals surface area contributed by atoms with Gasteiger partial charge in [0.1, 0.15) is 12.2 Å². The van der Waals surface area contributed by atoms with Crippen molar-refractivity contribution in [2.45, 2.75) is 6.92 Å². The van der Waals surface area contributed by atoms with Crippen molar-refractivity contribution in [1.82, 2.24) is 9.21 Å². The summed E-state index contributed by atoms with van der Waals surface area (Å²) < 4.78 is 10.2. The number of hydrogen-bond donors (Lipinski definition) is 1.